The van der Waals surface area contributed by atoms with E-state index >= 15 is 0 Å². The van der Waals surface area contributed by atoms with Gasteiger partial charge in [-0.25, -0.2) is 4.98 Å². The summed E-state index contributed by atoms with van der Waals surface area (Å²) in [5, 5.41) is 13.1. The monoisotopic (exact) mass is 359 g/mol. The fraction of sp³-hybridized carbons (Fsp3) is 0.435. The standard InChI is InChI=1S/C23H25N3O/c1-23(2)12-20-19(21(27)13-23)11-17(14-24)22(26-20)25-18-9-7-15-5-3-4-6-16(15)8-10-18/h3-6,11,18H,7-10,12-13H2,1-2H3,(H,25,26). The average molecular weight is 359 g/mol. The summed E-state index contributed by atoms with van der Waals surface area (Å²) in [5.41, 5.74) is 4.70. The van der Waals surface area contributed by atoms with Crippen LogP contribution in [0.25, 0.3) is 0 Å². The van der Waals surface area contributed by atoms with E-state index in [0.29, 0.717) is 23.4 Å². The van der Waals surface area contributed by atoms with Crippen molar-refractivity contribution in [1.29, 1.82) is 5.26 Å². The molecule has 2 aromatic rings. The van der Waals surface area contributed by atoms with Gasteiger partial charge in [-0.1, -0.05) is 38.1 Å². The van der Waals surface area contributed by atoms with Gasteiger partial charge in [-0.3, -0.25) is 4.79 Å². The number of benzene rings is 1. The molecule has 0 fully saturated rings. The van der Waals surface area contributed by atoms with Crippen molar-refractivity contribution in [1.82, 2.24) is 4.98 Å². The summed E-state index contributed by atoms with van der Waals surface area (Å²) >= 11 is 0. The Morgan fingerprint density at radius 3 is 2.44 bits per heavy atom. The minimum atomic E-state index is -0.0769. The number of nitrogens with zero attached hydrogens (tertiary/aromatic N) is 2. The van der Waals surface area contributed by atoms with E-state index in [1.807, 2.05) is 0 Å². The van der Waals surface area contributed by atoms with Gasteiger partial charge in [0.05, 0.1) is 11.3 Å². The van der Waals surface area contributed by atoms with Crippen LogP contribution in [-0.4, -0.2) is 16.8 Å². The topological polar surface area (TPSA) is 65.8 Å². The molecule has 0 radical (unpaired) electrons. The van der Waals surface area contributed by atoms with Crippen molar-refractivity contribution in [2.24, 2.45) is 5.41 Å². The number of carbonyl (C=O) groups is 1. The maximum Gasteiger partial charge on any atom is 0.165 e. The second-order valence-electron chi connectivity index (χ2n) is 8.62. The van der Waals surface area contributed by atoms with Crippen molar-refractivity contribution in [3.8, 4) is 6.07 Å². The molecule has 1 heterocycles. The van der Waals surface area contributed by atoms with Crippen LogP contribution in [0, 0.1) is 16.7 Å². The van der Waals surface area contributed by atoms with E-state index in [1.54, 1.807) is 6.07 Å². The molecular weight excluding hydrogens is 334 g/mol. The van der Waals surface area contributed by atoms with Crippen molar-refractivity contribution >= 4 is 11.6 Å². The normalized spacial score (nSPS) is 18.8. The zero-order chi connectivity index (χ0) is 19.0. The van der Waals surface area contributed by atoms with Crippen LogP contribution < -0.4 is 5.32 Å². The number of pyridine rings is 1. The van der Waals surface area contributed by atoms with E-state index in [-0.39, 0.29) is 17.2 Å². The lowest BCUT2D eigenvalue weighted by Crippen LogP contribution is -2.29. The number of nitriles is 1. The Kier molecular flexibility index (Phi) is 4.47. The SMILES string of the molecule is CC1(C)CC(=O)c2cc(C#N)c(NC3CCc4ccccc4CC3)nc2C1. The van der Waals surface area contributed by atoms with Gasteiger partial charge in [-0.2, -0.15) is 5.26 Å². The Labute approximate surface area is 160 Å². The number of anilines is 1. The fourth-order valence-corrected chi connectivity index (χ4v) is 4.36. The predicted octanol–water partition coefficient (Wildman–Crippen LogP) is 4.47. The van der Waals surface area contributed by atoms with Crippen LogP contribution in [0.15, 0.2) is 30.3 Å². The quantitative estimate of drug-likeness (QED) is 0.804. The Morgan fingerprint density at radius 2 is 1.81 bits per heavy atom. The molecular formula is C23H25N3O. The Bertz CT molecular complexity index is 912. The molecule has 27 heavy (non-hydrogen) atoms. The molecule has 0 aliphatic heterocycles. The molecule has 4 nitrogen and oxygen atoms in total. The molecule has 0 saturated heterocycles. The van der Waals surface area contributed by atoms with Crippen LogP contribution in [0.1, 0.15) is 65.9 Å². The summed E-state index contributed by atoms with van der Waals surface area (Å²) in [6, 6.07) is 12.9. The van der Waals surface area contributed by atoms with Gasteiger partial charge >= 0.3 is 0 Å². The van der Waals surface area contributed by atoms with E-state index in [4.69, 9.17) is 4.98 Å². The number of hydrogen-bond acceptors (Lipinski definition) is 4. The molecule has 0 amide bonds. The maximum absolute atomic E-state index is 12.5. The van der Waals surface area contributed by atoms with Crippen LogP contribution in [0.3, 0.4) is 0 Å². The van der Waals surface area contributed by atoms with Gasteiger partial charge in [0, 0.05) is 18.0 Å². The highest BCUT2D eigenvalue weighted by Crippen LogP contribution is 2.35. The number of nitrogens with one attached hydrogen (secondary N) is 1. The number of fused-ring (bicyclic) bond motifs is 2. The smallest absolute Gasteiger partial charge is 0.165 e. The van der Waals surface area contributed by atoms with Crippen LogP contribution in [-0.2, 0) is 19.3 Å². The van der Waals surface area contributed by atoms with Gasteiger partial charge in [0.15, 0.2) is 5.78 Å². The number of hydrogen-bond donors (Lipinski definition) is 1. The van der Waals surface area contributed by atoms with Crippen LogP contribution in [0.4, 0.5) is 5.82 Å². The molecule has 2 aliphatic carbocycles. The van der Waals surface area contributed by atoms with Gasteiger partial charge in [-0.05, 0) is 54.7 Å². The van der Waals surface area contributed by atoms with Gasteiger partial charge in [0.1, 0.15) is 11.9 Å². The number of rotatable bonds is 2. The number of Topliss-reactive ketones (excluding diaryl/α,β-unsaturated/α-hetero) is 1. The number of aromatic nitrogens is 1. The lowest BCUT2D eigenvalue weighted by atomic mass is 9.75. The van der Waals surface area contributed by atoms with Crippen molar-refractivity contribution in [3.05, 3.63) is 58.3 Å². The lowest BCUT2D eigenvalue weighted by Gasteiger charge is -2.30. The Morgan fingerprint density at radius 1 is 1.15 bits per heavy atom. The van der Waals surface area contributed by atoms with E-state index in [0.717, 1.165) is 37.8 Å². The first-order valence-electron chi connectivity index (χ1n) is 9.76. The first-order valence-corrected chi connectivity index (χ1v) is 9.76. The van der Waals surface area contributed by atoms with Crippen LogP contribution in [0.5, 0.6) is 0 Å². The van der Waals surface area contributed by atoms with Gasteiger partial charge in [0.2, 0.25) is 0 Å². The molecule has 1 N–H and O–H groups in total. The largest absolute Gasteiger partial charge is 0.366 e. The van der Waals surface area contributed by atoms with Crippen molar-refractivity contribution in [2.75, 3.05) is 5.32 Å². The highest BCUT2D eigenvalue weighted by atomic mass is 16.1. The highest BCUT2D eigenvalue weighted by Gasteiger charge is 2.33. The predicted molar refractivity (Wildman–Crippen MR) is 106 cm³/mol. The zero-order valence-corrected chi connectivity index (χ0v) is 16.0. The second-order valence-corrected chi connectivity index (χ2v) is 8.62. The average Bonchev–Trinajstić information content (AvgIpc) is 2.83. The zero-order valence-electron chi connectivity index (χ0n) is 16.0. The van der Waals surface area contributed by atoms with Crippen LogP contribution >= 0.6 is 0 Å². The molecule has 1 aromatic carbocycles. The molecule has 4 rings (SSSR count). The molecule has 1 aromatic heterocycles. The first-order chi connectivity index (χ1) is 12.9. The minimum absolute atomic E-state index is 0.0769. The molecule has 0 atom stereocenters. The highest BCUT2D eigenvalue weighted by molar-refractivity contribution is 5.99. The number of aryl methyl sites for hydroxylation is 2. The molecule has 0 bridgehead atoms. The third-order valence-corrected chi connectivity index (χ3v) is 5.79. The van der Waals surface area contributed by atoms with Crippen molar-refractivity contribution in [2.45, 2.75) is 58.4 Å². The molecule has 0 saturated carbocycles. The molecule has 0 spiro atoms. The fourth-order valence-electron chi connectivity index (χ4n) is 4.36. The molecule has 0 unspecified atom stereocenters. The third-order valence-electron chi connectivity index (χ3n) is 5.79. The summed E-state index contributed by atoms with van der Waals surface area (Å²) in [4.78, 5) is 17.2. The number of carbonyl (C=O) groups excluding carboxylic acids is 1. The van der Waals surface area contributed by atoms with E-state index in [9.17, 15) is 10.1 Å². The summed E-state index contributed by atoms with van der Waals surface area (Å²) in [5.74, 6) is 0.736. The van der Waals surface area contributed by atoms with Gasteiger partial charge in [0.25, 0.3) is 0 Å². The maximum atomic E-state index is 12.5. The molecule has 138 valence electrons. The summed E-state index contributed by atoms with van der Waals surface area (Å²) < 4.78 is 0. The second kappa shape index (κ2) is 6.81. The molecule has 4 heteroatoms. The van der Waals surface area contributed by atoms with Gasteiger partial charge in [-0.15, -0.1) is 0 Å². The summed E-state index contributed by atoms with van der Waals surface area (Å²) in [7, 11) is 0. The third kappa shape index (κ3) is 3.60. The van der Waals surface area contributed by atoms with Crippen molar-refractivity contribution < 1.29 is 4.79 Å². The van der Waals surface area contributed by atoms with E-state index < -0.39 is 0 Å². The minimum Gasteiger partial charge on any atom is -0.366 e. The van der Waals surface area contributed by atoms with Crippen LogP contribution in [0.2, 0.25) is 0 Å². The van der Waals surface area contributed by atoms with E-state index in [2.05, 4.69) is 49.5 Å². The first kappa shape index (κ1) is 17.7. The lowest BCUT2D eigenvalue weighted by molar-refractivity contribution is 0.0910. The summed E-state index contributed by atoms with van der Waals surface area (Å²) in [6.07, 6.45) is 5.39. The Hall–Kier alpha value is -2.67. The summed E-state index contributed by atoms with van der Waals surface area (Å²) in [6.45, 7) is 4.20. The van der Waals surface area contributed by atoms with E-state index in [1.165, 1.54) is 11.1 Å². The number of ketones is 1. The molecule has 2 aliphatic rings. The van der Waals surface area contributed by atoms with Gasteiger partial charge < -0.3 is 5.32 Å². The Balaban J connectivity index is 1.59. The van der Waals surface area contributed by atoms with Crippen molar-refractivity contribution in [3.63, 3.8) is 0 Å².